The van der Waals surface area contributed by atoms with Crippen LogP contribution >= 0.6 is 0 Å². The number of carbonyl (C=O) groups excluding carboxylic acids is 4. The SMILES string of the molecule is Bc1cc(C(=O)NCC(=O)N2CCC(N3CCc4cc(OC)ccc4NC3=O)CC2)cc(C(=O)OC)c1. The van der Waals surface area contributed by atoms with E-state index in [9.17, 15) is 19.2 Å². The third kappa shape index (κ3) is 6.04. The van der Waals surface area contributed by atoms with Crippen molar-refractivity contribution in [3.05, 3.63) is 53.1 Å². The van der Waals surface area contributed by atoms with Gasteiger partial charge >= 0.3 is 12.0 Å². The molecule has 0 aromatic heterocycles. The number of urea groups is 1. The molecule has 2 aromatic carbocycles. The maximum absolute atomic E-state index is 12.9. The molecule has 194 valence electrons. The van der Waals surface area contributed by atoms with E-state index < -0.39 is 11.9 Å². The number of rotatable bonds is 6. The van der Waals surface area contributed by atoms with Crippen molar-refractivity contribution < 1.29 is 28.7 Å². The van der Waals surface area contributed by atoms with Gasteiger partial charge in [0.2, 0.25) is 5.91 Å². The first kappa shape index (κ1) is 26.1. The normalized spacial score (nSPS) is 15.8. The topological polar surface area (TPSA) is 117 Å². The maximum atomic E-state index is 12.9. The van der Waals surface area contributed by atoms with Crippen molar-refractivity contribution in [2.24, 2.45) is 0 Å². The van der Waals surface area contributed by atoms with Crippen LogP contribution in [-0.2, 0) is 16.0 Å². The van der Waals surface area contributed by atoms with Gasteiger partial charge in [0, 0.05) is 36.9 Å². The van der Waals surface area contributed by atoms with E-state index in [4.69, 9.17) is 9.47 Å². The summed E-state index contributed by atoms with van der Waals surface area (Å²) >= 11 is 0. The third-order valence-electron chi connectivity index (χ3n) is 6.86. The molecule has 0 atom stereocenters. The summed E-state index contributed by atoms with van der Waals surface area (Å²) in [5, 5.41) is 5.65. The zero-order valence-corrected chi connectivity index (χ0v) is 21.3. The van der Waals surface area contributed by atoms with Crippen LogP contribution in [0.15, 0.2) is 36.4 Å². The van der Waals surface area contributed by atoms with E-state index in [1.165, 1.54) is 13.2 Å². The Labute approximate surface area is 216 Å². The summed E-state index contributed by atoms with van der Waals surface area (Å²) in [5.74, 6) is -0.396. The molecule has 0 spiro atoms. The van der Waals surface area contributed by atoms with E-state index in [-0.39, 0.29) is 35.7 Å². The average molecular weight is 506 g/mol. The number of methoxy groups -OCH3 is 2. The molecule has 2 N–H and O–H groups in total. The number of amides is 4. The lowest BCUT2D eigenvalue weighted by Gasteiger charge is -2.38. The summed E-state index contributed by atoms with van der Waals surface area (Å²) < 4.78 is 10.0. The van der Waals surface area contributed by atoms with Gasteiger partial charge in [-0.3, -0.25) is 9.59 Å². The first-order chi connectivity index (χ1) is 17.8. The number of carbonyl (C=O) groups is 4. The molecule has 1 saturated heterocycles. The first-order valence-corrected chi connectivity index (χ1v) is 12.3. The van der Waals surface area contributed by atoms with Crippen LogP contribution in [0, 0.1) is 0 Å². The van der Waals surface area contributed by atoms with Crippen molar-refractivity contribution in [3.8, 4) is 5.75 Å². The number of fused-ring (bicyclic) bond motifs is 1. The predicted octanol–water partition coefficient (Wildman–Crippen LogP) is 0.551. The standard InChI is InChI=1S/C26H31BN4O6/c1-36-21-3-4-22-16(14-21)5-10-31(26(35)29-22)20-6-8-30(9-7-20)23(32)15-28-24(33)17-11-18(25(34)37-2)13-19(27)12-17/h3-4,11-14,20H,5-10,15,27H2,1-2H3,(H,28,33)(H,29,35). The average Bonchev–Trinajstić information content (AvgIpc) is 3.08. The summed E-state index contributed by atoms with van der Waals surface area (Å²) in [4.78, 5) is 53.7. The molecule has 0 aliphatic carbocycles. The highest BCUT2D eigenvalue weighted by Gasteiger charge is 2.31. The Balaban J connectivity index is 1.29. The van der Waals surface area contributed by atoms with Crippen LogP contribution < -0.4 is 20.8 Å². The number of nitrogens with one attached hydrogen (secondary N) is 2. The lowest BCUT2D eigenvalue weighted by atomic mass is 9.92. The number of nitrogens with zero attached hydrogens (tertiary/aromatic N) is 2. The van der Waals surface area contributed by atoms with Crippen LogP contribution in [0.5, 0.6) is 5.75 Å². The van der Waals surface area contributed by atoms with Crippen molar-refractivity contribution in [2.45, 2.75) is 25.3 Å². The number of ether oxygens (including phenoxy) is 2. The van der Waals surface area contributed by atoms with E-state index in [1.807, 2.05) is 23.1 Å². The van der Waals surface area contributed by atoms with Crippen molar-refractivity contribution in [1.82, 2.24) is 15.1 Å². The molecular weight excluding hydrogens is 475 g/mol. The Hall–Kier alpha value is -4.02. The molecule has 0 saturated carbocycles. The fourth-order valence-corrected chi connectivity index (χ4v) is 4.85. The fourth-order valence-electron chi connectivity index (χ4n) is 4.85. The summed E-state index contributed by atoms with van der Waals surface area (Å²) in [5.41, 5.74) is 3.13. The molecule has 2 aliphatic rings. The number of esters is 1. The second kappa shape index (κ2) is 11.4. The number of benzene rings is 2. The van der Waals surface area contributed by atoms with Gasteiger partial charge < -0.3 is 29.9 Å². The van der Waals surface area contributed by atoms with Gasteiger partial charge in [-0.1, -0.05) is 17.6 Å². The summed E-state index contributed by atoms with van der Waals surface area (Å²) in [6.07, 6.45) is 2.04. The van der Waals surface area contributed by atoms with Gasteiger partial charge in [-0.2, -0.15) is 0 Å². The Kier molecular flexibility index (Phi) is 8.00. The highest BCUT2D eigenvalue weighted by molar-refractivity contribution is 6.33. The Morgan fingerprint density at radius 2 is 1.78 bits per heavy atom. The van der Waals surface area contributed by atoms with Gasteiger partial charge in [0.1, 0.15) is 13.6 Å². The van der Waals surface area contributed by atoms with E-state index >= 15 is 0 Å². The molecule has 2 heterocycles. The molecular formula is C26H31BN4O6. The molecule has 4 amide bonds. The van der Waals surface area contributed by atoms with Crippen LogP contribution in [0.2, 0.25) is 0 Å². The lowest BCUT2D eigenvalue weighted by molar-refractivity contribution is -0.131. The molecule has 4 rings (SSSR count). The number of hydrogen-bond acceptors (Lipinski definition) is 6. The smallest absolute Gasteiger partial charge is 0.337 e. The van der Waals surface area contributed by atoms with E-state index in [1.54, 1.807) is 32.0 Å². The van der Waals surface area contributed by atoms with Crippen LogP contribution in [0.25, 0.3) is 0 Å². The zero-order valence-electron chi connectivity index (χ0n) is 21.3. The van der Waals surface area contributed by atoms with E-state index in [0.29, 0.717) is 38.9 Å². The van der Waals surface area contributed by atoms with Crippen molar-refractivity contribution >= 4 is 42.8 Å². The van der Waals surface area contributed by atoms with Gasteiger partial charge in [-0.15, -0.1) is 0 Å². The van der Waals surface area contributed by atoms with Crippen molar-refractivity contribution in [3.63, 3.8) is 0 Å². The molecule has 37 heavy (non-hydrogen) atoms. The predicted molar refractivity (Wildman–Crippen MR) is 140 cm³/mol. The fraction of sp³-hybridized carbons (Fsp3) is 0.385. The number of likely N-dealkylation sites (tertiary alicyclic amines) is 1. The molecule has 2 aliphatic heterocycles. The van der Waals surface area contributed by atoms with E-state index in [0.717, 1.165) is 22.5 Å². The summed E-state index contributed by atoms with van der Waals surface area (Å²) in [6, 6.07) is 10.3. The minimum Gasteiger partial charge on any atom is -0.497 e. The van der Waals surface area contributed by atoms with Crippen LogP contribution in [0.4, 0.5) is 10.5 Å². The van der Waals surface area contributed by atoms with Crippen LogP contribution in [0.1, 0.15) is 39.1 Å². The molecule has 10 nitrogen and oxygen atoms in total. The largest absolute Gasteiger partial charge is 0.497 e. The Morgan fingerprint density at radius 3 is 2.49 bits per heavy atom. The number of piperidine rings is 1. The zero-order chi connectivity index (χ0) is 26.5. The highest BCUT2D eigenvalue weighted by atomic mass is 16.5. The minimum absolute atomic E-state index is 0.0267. The summed E-state index contributed by atoms with van der Waals surface area (Å²) in [6.45, 7) is 1.44. The van der Waals surface area contributed by atoms with E-state index in [2.05, 4.69) is 10.6 Å². The van der Waals surface area contributed by atoms with Crippen molar-refractivity contribution in [2.75, 3.05) is 45.7 Å². The van der Waals surface area contributed by atoms with Crippen molar-refractivity contribution in [1.29, 1.82) is 0 Å². The molecule has 0 radical (unpaired) electrons. The molecule has 0 unspecified atom stereocenters. The Morgan fingerprint density at radius 1 is 1.05 bits per heavy atom. The van der Waals surface area contributed by atoms with Gasteiger partial charge in [-0.05, 0) is 49.1 Å². The molecule has 11 heteroatoms. The quantitative estimate of drug-likeness (QED) is 0.437. The third-order valence-corrected chi connectivity index (χ3v) is 6.86. The van der Waals surface area contributed by atoms with Gasteiger partial charge in [-0.25, -0.2) is 9.59 Å². The molecule has 2 aromatic rings. The van der Waals surface area contributed by atoms with Gasteiger partial charge in [0.15, 0.2) is 0 Å². The number of hydrogen-bond donors (Lipinski definition) is 2. The van der Waals surface area contributed by atoms with Crippen LogP contribution in [-0.4, -0.2) is 87.9 Å². The molecule has 1 fully saturated rings. The monoisotopic (exact) mass is 506 g/mol. The first-order valence-electron chi connectivity index (χ1n) is 12.3. The Bertz CT molecular complexity index is 1210. The van der Waals surface area contributed by atoms with Gasteiger partial charge in [0.25, 0.3) is 5.91 Å². The van der Waals surface area contributed by atoms with Gasteiger partial charge in [0.05, 0.1) is 26.3 Å². The molecule has 0 bridgehead atoms. The maximum Gasteiger partial charge on any atom is 0.337 e. The minimum atomic E-state index is -0.529. The van der Waals surface area contributed by atoms with Crippen LogP contribution in [0.3, 0.4) is 0 Å². The highest BCUT2D eigenvalue weighted by Crippen LogP contribution is 2.27. The second-order valence-electron chi connectivity index (χ2n) is 9.27. The number of anilines is 1. The summed E-state index contributed by atoms with van der Waals surface area (Å²) in [7, 11) is 4.67. The second-order valence-corrected chi connectivity index (χ2v) is 9.27. The lowest BCUT2D eigenvalue weighted by Crippen LogP contribution is -2.51.